The molecule has 0 amide bonds. The molecule has 2 aromatic rings. The Morgan fingerprint density at radius 1 is 1.05 bits per heavy atom. The van der Waals surface area contributed by atoms with Crippen LogP contribution >= 0.6 is 11.5 Å². The number of rotatable bonds is 3. The third-order valence-corrected chi connectivity index (χ3v) is 4.87. The van der Waals surface area contributed by atoms with Crippen molar-refractivity contribution >= 4 is 22.5 Å². The smallest absolute Gasteiger partial charge is 0.205 e. The zero-order valence-electron chi connectivity index (χ0n) is 12.1. The van der Waals surface area contributed by atoms with Gasteiger partial charge < -0.3 is 9.80 Å². The minimum Gasteiger partial charge on any atom is -0.352 e. The van der Waals surface area contributed by atoms with Crippen molar-refractivity contribution in [3.8, 4) is 0 Å². The van der Waals surface area contributed by atoms with Gasteiger partial charge in [0.05, 0.1) is 5.69 Å². The van der Waals surface area contributed by atoms with Crippen LogP contribution in [0.25, 0.3) is 0 Å². The van der Waals surface area contributed by atoms with Crippen molar-refractivity contribution in [1.29, 1.82) is 0 Å². The molecule has 1 saturated carbocycles. The zero-order valence-corrected chi connectivity index (χ0v) is 12.9. The average Bonchev–Trinajstić information content (AvgIpc) is 3.26. The quantitative estimate of drug-likeness (QED) is 0.862. The van der Waals surface area contributed by atoms with Crippen LogP contribution in [0.3, 0.4) is 0 Å². The summed E-state index contributed by atoms with van der Waals surface area (Å²) in [5, 5.41) is 1.08. The van der Waals surface area contributed by atoms with Crippen LogP contribution in [0.1, 0.15) is 30.3 Å². The molecule has 1 saturated heterocycles. The van der Waals surface area contributed by atoms with E-state index in [2.05, 4.69) is 24.1 Å². The summed E-state index contributed by atoms with van der Waals surface area (Å²) >= 11 is 1.54. The molecule has 0 bridgehead atoms. The largest absolute Gasteiger partial charge is 0.352 e. The van der Waals surface area contributed by atoms with Gasteiger partial charge in [-0.15, -0.1) is 0 Å². The second kappa shape index (κ2) is 5.22. The zero-order chi connectivity index (χ0) is 14.2. The molecule has 2 aliphatic rings. The van der Waals surface area contributed by atoms with Gasteiger partial charge in [0, 0.05) is 56.0 Å². The number of anilines is 2. The Hall–Kier alpha value is -1.76. The summed E-state index contributed by atoms with van der Waals surface area (Å²) in [4.78, 5) is 18.1. The Morgan fingerprint density at radius 3 is 2.48 bits per heavy atom. The first-order valence-electron chi connectivity index (χ1n) is 7.42. The molecule has 6 nitrogen and oxygen atoms in total. The summed E-state index contributed by atoms with van der Waals surface area (Å²) in [5.74, 6) is 2.70. The lowest BCUT2D eigenvalue weighted by Gasteiger charge is -2.35. The molecule has 21 heavy (non-hydrogen) atoms. The van der Waals surface area contributed by atoms with Crippen LogP contribution in [0.2, 0.25) is 0 Å². The van der Waals surface area contributed by atoms with Gasteiger partial charge in [0.15, 0.2) is 0 Å². The van der Waals surface area contributed by atoms with Gasteiger partial charge in [0.2, 0.25) is 5.13 Å². The number of hydrogen-bond acceptors (Lipinski definition) is 7. The first-order valence-corrected chi connectivity index (χ1v) is 8.20. The lowest BCUT2D eigenvalue weighted by molar-refractivity contribution is 0.642. The number of aromatic nitrogens is 4. The van der Waals surface area contributed by atoms with E-state index in [1.165, 1.54) is 12.8 Å². The predicted molar refractivity (Wildman–Crippen MR) is 83.1 cm³/mol. The van der Waals surface area contributed by atoms with E-state index in [4.69, 9.17) is 4.98 Å². The molecule has 3 heterocycles. The van der Waals surface area contributed by atoms with E-state index in [9.17, 15) is 0 Å². The van der Waals surface area contributed by atoms with Crippen molar-refractivity contribution in [3.05, 3.63) is 23.9 Å². The van der Waals surface area contributed by atoms with Crippen molar-refractivity contribution in [2.45, 2.75) is 25.7 Å². The second-order valence-corrected chi connectivity index (χ2v) is 6.38. The molecule has 4 rings (SSSR count). The number of nitrogens with zero attached hydrogens (tertiary/aromatic N) is 6. The number of piperazine rings is 1. The average molecular weight is 302 g/mol. The van der Waals surface area contributed by atoms with Gasteiger partial charge in [0.25, 0.3) is 0 Å². The van der Waals surface area contributed by atoms with Crippen LogP contribution in [0.5, 0.6) is 0 Å². The molecule has 0 atom stereocenters. The van der Waals surface area contributed by atoms with E-state index in [-0.39, 0.29) is 0 Å². The van der Waals surface area contributed by atoms with E-state index in [0.717, 1.165) is 48.6 Å². The van der Waals surface area contributed by atoms with Crippen LogP contribution in [0.4, 0.5) is 10.9 Å². The van der Waals surface area contributed by atoms with Crippen molar-refractivity contribution < 1.29 is 0 Å². The summed E-state index contributed by atoms with van der Waals surface area (Å²) in [6.07, 6.45) is 6.03. The third kappa shape index (κ3) is 2.57. The Balaban J connectivity index is 1.43. The van der Waals surface area contributed by atoms with Crippen molar-refractivity contribution in [1.82, 2.24) is 19.3 Å². The Labute approximate surface area is 128 Å². The lowest BCUT2D eigenvalue weighted by Crippen LogP contribution is -2.47. The molecule has 1 aliphatic carbocycles. The molecule has 0 spiro atoms. The fourth-order valence-electron chi connectivity index (χ4n) is 2.68. The summed E-state index contributed by atoms with van der Waals surface area (Å²) in [5.41, 5.74) is 0.998. The summed E-state index contributed by atoms with van der Waals surface area (Å²) < 4.78 is 4.50. The summed E-state index contributed by atoms with van der Waals surface area (Å²) in [6, 6.07) is 0. The predicted octanol–water partition coefficient (Wildman–Crippen LogP) is 1.84. The fourth-order valence-corrected chi connectivity index (χ4v) is 3.48. The second-order valence-electron chi connectivity index (χ2n) is 5.65. The van der Waals surface area contributed by atoms with Gasteiger partial charge in [0.1, 0.15) is 11.6 Å². The highest BCUT2D eigenvalue weighted by Gasteiger charge is 2.29. The minimum absolute atomic E-state index is 0.638. The van der Waals surface area contributed by atoms with Crippen LogP contribution in [0, 0.1) is 6.92 Å². The molecular formula is C14H18N6S. The Bertz CT molecular complexity index is 630. The highest BCUT2D eigenvalue weighted by molar-refractivity contribution is 7.09. The van der Waals surface area contributed by atoms with E-state index in [1.54, 1.807) is 23.9 Å². The normalized spacial score (nSPS) is 19.1. The van der Waals surface area contributed by atoms with E-state index < -0.39 is 0 Å². The molecule has 0 aromatic carbocycles. The fraction of sp³-hybridized carbons (Fsp3) is 0.571. The molecule has 1 aliphatic heterocycles. The molecule has 2 aromatic heterocycles. The topological polar surface area (TPSA) is 58.0 Å². The van der Waals surface area contributed by atoms with Crippen molar-refractivity contribution in [2.24, 2.45) is 0 Å². The van der Waals surface area contributed by atoms with Gasteiger partial charge in [-0.1, -0.05) is 0 Å². The minimum atomic E-state index is 0.638. The standard InChI is InChI=1S/C14H18N6S/c1-10-13(16-5-4-15-10)19-6-8-20(9-7-19)14-17-12(18-21-14)11-2-3-11/h4-5,11H,2-3,6-9H2,1H3. The first-order chi connectivity index (χ1) is 10.3. The van der Waals surface area contributed by atoms with E-state index >= 15 is 0 Å². The lowest BCUT2D eigenvalue weighted by atomic mass is 10.3. The molecular weight excluding hydrogens is 284 g/mol. The monoisotopic (exact) mass is 302 g/mol. The maximum absolute atomic E-state index is 4.70. The SMILES string of the molecule is Cc1nccnc1N1CCN(c2nc(C3CC3)ns2)CC1. The highest BCUT2D eigenvalue weighted by atomic mass is 32.1. The molecule has 110 valence electrons. The third-order valence-electron chi connectivity index (χ3n) is 4.08. The van der Waals surface area contributed by atoms with Crippen LogP contribution in [-0.4, -0.2) is 45.5 Å². The summed E-state index contributed by atoms with van der Waals surface area (Å²) in [7, 11) is 0. The molecule has 0 radical (unpaired) electrons. The number of aryl methyl sites for hydroxylation is 1. The molecule has 0 N–H and O–H groups in total. The van der Waals surface area contributed by atoms with Crippen LogP contribution in [0.15, 0.2) is 12.4 Å². The van der Waals surface area contributed by atoms with E-state index in [1.807, 2.05) is 6.92 Å². The highest BCUT2D eigenvalue weighted by Crippen LogP contribution is 2.39. The molecule has 2 fully saturated rings. The Morgan fingerprint density at radius 2 is 1.76 bits per heavy atom. The van der Waals surface area contributed by atoms with Crippen molar-refractivity contribution in [3.63, 3.8) is 0 Å². The van der Waals surface area contributed by atoms with Gasteiger partial charge >= 0.3 is 0 Å². The first kappa shape index (κ1) is 12.9. The van der Waals surface area contributed by atoms with Crippen LogP contribution in [-0.2, 0) is 0 Å². The van der Waals surface area contributed by atoms with Gasteiger partial charge in [-0.3, -0.25) is 4.98 Å². The van der Waals surface area contributed by atoms with Crippen molar-refractivity contribution in [2.75, 3.05) is 36.0 Å². The van der Waals surface area contributed by atoms with E-state index in [0.29, 0.717) is 5.92 Å². The molecule has 0 unspecified atom stereocenters. The van der Waals surface area contributed by atoms with Gasteiger partial charge in [-0.25, -0.2) is 9.97 Å². The maximum Gasteiger partial charge on any atom is 0.205 e. The maximum atomic E-state index is 4.70. The summed E-state index contributed by atoms with van der Waals surface area (Å²) in [6.45, 7) is 5.86. The molecule has 7 heteroatoms. The number of hydrogen-bond donors (Lipinski definition) is 0. The van der Waals surface area contributed by atoms with Gasteiger partial charge in [-0.2, -0.15) is 4.37 Å². The Kier molecular flexibility index (Phi) is 3.21. The van der Waals surface area contributed by atoms with Gasteiger partial charge in [-0.05, 0) is 19.8 Å². The van der Waals surface area contributed by atoms with Crippen LogP contribution < -0.4 is 9.80 Å².